The number of rotatable bonds is 6. The number of halogens is 1. The summed E-state index contributed by atoms with van der Waals surface area (Å²) in [5.41, 5.74) is 2.10. The number of aromatic nitrogens is 3. The van der Waals surface area contributed by atoms with E-state index in [9.17, 15) is 8.42 Å². The van der Waals surface area contributed by atoms with E-state index in [-0.39, 0.29) is 11.5 Å². The van der Waals surface area contributed by atoms with Gasteiger partial charge in [-0.2, -0.15) is 17.8 Å². The first-order valence-electron chi connectivity index (χ1n) is 8.92. The molecule has 0 aromatic carbocycles. The zero-order valence-corrected chi connectivity index (χ0v) is 17.0. The molecule has 11 heteroatoms. The van der Waals surface area contributed by atoms with Gasteiger partial charge >= 0.3 is 0 Å². The van der Waals surface area contributed by atoms with Gasteiger partial charge in [-0.1, -0.05) is 11.6 Å². The number of likely N-dealkylation sites (N-methyl/N-ethyl adjacent to an activating group) is 1. The maximum Gasteiger partial charge on any atom is 0.277 e. The van der Waals surface area contributed by atoms with Crippen LogP contribution in [0.2, 0.25) is 5.15 Å². The number of hydrogen-bond donors (Lipinski definition) is 2. The molecule has 3 N–H and O–H groups in total. The molecule has 3 heterocycles. The monoisotopic (exact) mass is 413 g/mol. The Labute approximate surface area is 163 Å². The summed E-state index contributed by atoms with van der Waals surface area (Å²) in [6, 6.07) is 1.86. The fourth-order valence-electron chi connectivity index (χ4n) is 4.45. The van der Waals surface area contributed by atoms with Crippen LogP contribution >= 0.6 is 11.6 Å². The van der Waals surface area contributed by atoms with Crippen molar-refractivity contribution in [3.8, 4) is 0 Å². The molecule has 0 atom stereocenters. The Kier molecular flexibility index (Phi) is 4.59. The van der Waals surface area contributed by atoms with Crippen LogP contribution in [-0.4, -0.2) is 66.6 Å². The lowest BCUT2D eigenvalue weighted by molar-refractivity contribution is 0.0138. The molecule has 2 aromatic heterocycles. The third-order valence-electron chi connectivity index (χ3n) is 5.69. The molecule has 2 fully saturated rings. The van der Waals surface area contributed by atoms with Crippen LogP contribution in [0.3, 0.4) is 0 Å². The van der Waals surface area contributed by atoms with Gasteiger partial charge in [-0.25, -0.2) is 14.6 Å². The van der Waals surface area contributed by atoms with E-state index in [1.807, 2.05) is 13.0 Å². The van der Waals surface area contributed by atoms with Crippen molar-refractivity contribution >= 4 is 33.1 Å². The van der Waals surface area contributed by atoms with E-state index in [2.05, 4.69) is 20.3 Å². The summed E-state index contributed by atoms with van der Waals surface area (Å²) in [6.07, 6.45) is 3.17. The van der Waals surface area contributed by atoms with E-state index in [4.69, 9.17) is 16.7 Å². The molecule has 0 bridgehead atoms. The minimum atomic E-state index is -3.69. The van der Waals surface area contributed by atoms with Crippen LogP contribution in [0.15, 0.2) is 12.4 Å². The van der Waals surface area contributed by atoms with Crippen molar-refractivity contribution in [1.29, 1.82) is 0 Å². The molecule has 27 heavy (non-hydrogen) atoms. The molecule has 1 spiro atoms. The predicted octanol–water partition coefficient (Wildman–Crippen LogP) is 0.385. The highest BCUT2D eigenvalue weighted by Crippen LogP contribution is 2.52. The third kappa shape index (κ3) is 3.19. The topological polar surface area (TPSA) is 109 Å². The van der Waals surface area contributed by atoms with Crippen molar-refractivity contribution in [3.05, 3.63) is 23.1 Å². The van der Waals surface area contributed by atoms with Gasteiger partial charge in [0.2, 0.25) is 0 Å². The molecule has 1 saturated carbocycles. The molecule has 148 valence electrons. The summed E-state index contributed by atoms with van der Waals surface area (Å²) < 4.78 is 26.9. The number of hydrogen-bond acceptors (Lipinski definition) is 6. The molecular weight excluding hydrogens is 390 g/mol. The van der Waals surface area contributed by atoms with Gasteiger partial charge in [-0.05, 0) is 38.4 Å². The highest BCUT2D eigenvalue weighted by Gasteiger charge is 2.55. The Hall–Kier alpha value is -1.46. The molecule has 0 radical (unpaired) electrons. The minimum absolute atomic E-state index is 0.0228. The molecule has 1 aliphatic heterocycles. The van der Waals surface area contributed by atoms with Gasteiger partial charge in [0.1, 0.15) is 17.0 Å². The first-order valence-corrected chi connectivity index (χ1v) is 10.8. The number of aryl methyl sites for hydroxylation is 1. The maximum absolute atomic E-state index is 11.9. The molecule has 0 unspecified atom stereocenters. The van der Waals surface area contributed by atoms with Crippen molar-refractivity contribution in [2.75, 3.05) is 38.1 Å². The van der Waals surface area contributed by atoms with Crippen molar-refractivity contribution in [3.63, 3.8) is 0 Å². The molecule has 0 amide bonds. The molecule has 1 saturated heterocycles. The van der Waals surface area contributed by atoms with Gasteiger partial charge in [0.05, 0.1) is 0 Å². The van der Waals surface area contributed by atoms with Crippen LogP contribution in [0, 0.1) is 12.3 Å². The second-order valence-corrected chi connectivity index (χ2v) is 9.56. The Balaban J connectivity index is 1.45. The molecule has 2 aromatic rings. The van der Waals surface area contributed by atoms with Gasteiger partial charge in [-0.15, -0.1) is 0 Å². The van der Waals surface area contributed by atoms with Gasteiger partial charge in [0.15, 0.2) is 5.82 Å². The number of fused-ring (bicyclic) bond motifs is 1. The average molecular weight is 414 g/mol. The molecule has 4 rings (SSSR count). The number of nitrogens with zero attached hydrogens (tertiary/aromatic N) is 5. The summed E-state index contributed by atoms with van der Waals surface area (Å²) in [5.74, 6) is 0.877. The van der Waals surface area contributed by atoms with Gasteiger partial charge in [0, 0.05) is 37.6 Å². The molecule has 2 aliphatic rings. The number of nitrogens with one attached hydrogen (secondary N) is 1. The smallest absolute Gasteiger partial charge is 0.277 e. The second kappa shape index (κ2) is 6.56. The summed E-state index contributed by atoms with van der Waals surface area (Å²) in [7, 11) is -1.89. The highest BCUT2D eigenvalue weighted by molar-refractivity contribution is 7.86. The molecular formula is C16H24ClN7O2S. The summed E-state index contributed by atoms with van der Waals surface area (Å²) in [5, 5.41) is 13.2. The fourth-order valence-corrected chi connectivity index (χ4v) is 5.65. The van der Waals surface area contributed by atoms with Crippen LogP contribution in [0.1, 0.15) is 18.4 Å². The standard InChI is InChI=1S/C16H24ClN7O2S/c1-11-5-13(17)24-14(11)15(20-10-21-24)22-8-16(9-22)6-12(7-16)23(4-3-19-2)27(18,25)26/h5,10,12,19H,3-4,6-9H2,1-2H3,(H2,18,25,26). The average Bonchev–Trinajstić information content (AvgIpc) is 2.81. The largest absolute Gasteiger partial charge is 0.354 e. The van der Waals surface area contributed by atoms with E-state index in [0.717, 1.165) is 42.8 Å². The lowest BCUT2D eigenvalue weighted by Gasteiger charge is -2.60. The van der Waals surface area contributed by atoms with E-state index in [1.54, 1.807) is 11.6 Å². The van der Waals surface area contributed by atoms with Crippen LogP contribution < -0.4 is 15.4 Å². The maximum atomic E-state index is 11.9. The predicted molar refractivity (Wildman–Crippen MR) is 104 cm³/mol. The number of anilines is 1. The van der Waals surface area contributed by atoms with Crippen LogP contribution in [-0.2, 0) is 10.2 Å². The summed E-state index contributed by atoms with van der Waals surface area (Å²) in [4.78, 5) is 6.68. The molecule has 9 nitrogen and oxygen atoms in total. The van der Waals surface area contributed by atoms with Gasteiger partial charge in [-0.3, -0.25) is 0 Å². The quantitative estimate of drug-likeness (QED) is 0.708. The highest BCUT2D eigenvalue weighted by atomic mass is 35.5. The van der Waals surface area contributed by atoms with E-state index in [0.29, 0.717) is 18.2 Å². The van der Waals surface area contributed by atoms with Gasteiger partial charge in [0.25, 0.3) is 10.2 Å². The minimum Gasteiger partial charge on any atom is -0.354 e. The Bertz CT molecular complexity index is 963. The number of nitrogens with two attached hydrogens (primary N) is 1. The summed E-state index contributed by atoms with van der Waals surface area (Å²) in [6.45, 7) is 4.67. The van der Waals surface area contributed by atoms with Crippen LogP contribution in [0.4, 0.5) is 5.82 Å². The lowest BCUT2D eigenvalue weighted by Crippen LogP contribution is -2.68. The first-order chi connectivity index (χ1) is 12.7. The van der Waals surface area contributed by atoms with Crippen LogP contribution in [0.5, 0.6) is 0 Å². The lowest BCUT2D eigenvalue weighted by atomic mass is 9.60. The van der Waals surface area contributed by atoms with E-state index in [1.165, 1.54) is 10.6 Å². The SMILES string of the molecule is CNCCN(C1CC2(C1)CN(c1ncnn3c(Cl)cc(C)c13)C2)S(N)(=O)=O. The van der Waals surface area contributed by atoms with Crippen molar-refractivity contribution in [1.82, 2.24) is 24.2 Å². The third-order valence-corrected chi connectivity index (χ3v) is 7.09. The summed E-state index contributed by atoms with van der Waals surface area (Å²) >= 11 is 6.22. The fraction of sp³-hybridized carbons (Fsp3) is 0.625. The van der Waals surface area contributed by atoms with Crippen LogP contribution in [0.25, 0.3) is 5.52 Å². The van der Waals surface area contributed by atoms with E-state index >= 15 is 0 Å². The van der Waals surface area contributed by atoms with Gasteiger partial charge < -0.3 is 10.2 Å². The van der Waals surface area contributed by atoms with Crippen molar-refractivity contribution < 1.29 is 8.42 Å². The Morgan fingerprint density at radius 2 is 2.15 bits per heavy atom. The Morgan fingerprint density at radius 3 is 2.78 bits per heavy atom. The first kappa shape index (κ1) is 18.9. The zero-order chi connectivity index (χ0) is 19.4. The Morgan fingerprint density at radius 1 is 1.44 bits per heavy atom. The van der Waals surface area contributed by atoms with E-state index < -0.39 is 10.2 Å². The molecule has 1 aliphatic carbocycles. The normalized spacial score (nSPS) is 19.7. The zero-order valence-electron chi connectivity index (χ0n) is 15.4. The van der Waals surface area contributed by atoms with Crippen molar-refractivity contribution in [2.24, 2.45) is 10.6 Å². The second-order valence-electron chi connectivity index (χ2n) is 7.67. The van der Waals surface area contributed by atoms with Crippen molar-refractivity contribution in [2.45, 2.75) is 25.8 Å².